The Morgan fingerprint density at radius 1 is 1.03 bits per heavy atom. The van der Waals surface area contributed by atoms with Crippen molar-refractivity contribution in [3.8, 4) is 5.69 Å². The van der Waals surface area contributed by atoms with Gasteiger partial charge in [0.1, 0.15) is 11.5 Å². The van der Waals surface area contributed by atoms with Crippen LogP contribution in [0.2, 0.25) is 0 Å². The lowest BCUT2D eigenvalue weighted by atomic mass is 9.92. The van der Waals surface area contributed by atoms with Gasteiger partial charge in [-0.3, -0.25) is 10.2 Å². The molecule has 7 N–H and O–H groups in total. The molecule has 7 nitrogen and oxygen atoms in total. The van der Waals surface area contributed by atoms with E-state index in [4.69, 9.17) is 16.9 Å². The summed E-state index contributed by atoms with van der Waals surface area (Å²) in [5, 5.41) is 24.0. The van der Waals surface area contributed by atoms with E-state index in [-0.39, 0.29) is 30.4 Å². The number of rotatable bonds is 5. The summed E-state index contributed by atoms with van der Waals surface area (Å²) in [6, 6.07) is 19.5. The molecular weight excluding hydrogens is 426 g/mol. The molecule has 34 heavy (non-hydrogen) atoms. The number of hydrogen-bond acceptors (Lipinski definition) is 4. The SMILES string of the molecule is N=C(N)c1ccc2cc(C(=O)NC3CCC(N)CC3)n(-c3cc(CO)c4ccccc4c3)c2c1. The third kappa shape index (κ3) is 4.04. The summed E-state index contributed by atoms with van der Waals surface area (Å²) in [6.07, 6.45) is 3.54. The summed E-state index contributed by atoms with van der Waals surface area (Å²) < 4.78 is 1.90. The Morgan fingerprint density at radius 3 is 2.53 bits per heavy atom. The van der Waals surface area contributed by atoms with Crippen LogP contribution in [0.4, 0.5) is 0 Å². The maximum atomic E-state index is 13.5. The van der Waals surface area contributed by atoms with Crippen molar-refractivity contribution in [1.82, 2.24) is 9.88 Å². The lowest BCUT2D eigenvalue weighted by molar-refractivity contribution is 0.0919. The third-order valence-corrected chi connectivity index (χ3v) is 6.82. The second-order valence-electron chi connectivity index (χ2n) is 9.12. The van der Waals surface area contributed by atoms with Gasteiger partial charge in [-0.15, -0.1) is 0 Å². The van der Waals surface area contributed by atoms with Gasteiger partial charge < -0.3 is 26.5 Å². The topological polar surface area (TPSA) is 130 Å². The number of amidine groups is 1. The van der Waals surface area contributed by atoms with E-state index < -0.39 is 0 Å². The number of nitrogens with one attached hydrogen (secondary N) is 2. The first kappa shape index (κ1) is 22.1. The van der Waals surface area contributed by atoms with Gasteiger partial charge in [-0.05, 0) is 66.3 Å². The van der Waals surface area contributed by atoms with Crippen molar-refractivity contribution in [1.29, 1.82) is 5.41 Å². The second-order valence-corrected chi connectivity index (χ2v) is 9.12. The number of aromatic nitrogens is 1. The van der Waals surface area contributed by atoms with Crippen LogP contribution in [0.1, 0.15) is 47.3 Å². The monoisotopic (exact) mass is 455 g/mol. The molecule has 1 fully saturated rings. The minimum absolute atomic E-state index is 0.0336. The van der Waals surface area contributed by atoms with E-state index in [0.717, 1.165) is 58.6 Å². The first-order valence-electron chi connectivity index (χ1n) is 11.6. The van der Waals surface area contributed by atoms with Crippen LogP contribution in [0.15, 0.2) is 60.7 Å². The van der Waals surface area contributed by atoms with Gasteiger partial charge in [0.2, 0.25) is 0 Å². The molecule has 4 aromatic rings. The molecule has 0 radical (unpaired) electrons. The van der Waals surface area contributed by atoms with Crippen molar-refractivity contribution < 1.29 is 9.90 Å². The highest BCUT2D eigenvalue weighted by atomic mass is 16.3. The van der Waals surface area contributed by atoms with Crippen LogP contribution in [-0.2, 0) is 6.61 Å². The van der Waals surface area contributed by atoms with Gasteiger partial charge in [-0.2, -0.15) is 0 Å². The van der Waals surface area contributed by atoms with Gasteiger partial charge in [0.15, 0.2) is 0 Å². The van der Waals surface area contributed by atoms with Gasteiger partial charge in [-0.25, -0.2) is 0 Å². The van der Waals surface area contributed by atoms with E-state index >= 15 is 0 Å². The van der Waals surface area contributed by atoms with Crippen molar-refractivity contribution in [3.05, 3.63) is 77.5 Å². The molecule has 0 atom stereocenters. The largest absolute Gasteiger partial charge is 0.392 e. The Hall–Kier alpha value is -3.68. The van der Waals surface area contributed by atoms with E-state index in [2.05, 4.69) is 5.32 Å². The molecule has 0 aliphatic heterocycles. The van der Waals surface area contributed by atoms with Crippen LogP contribution >= 0.6 is 0 Å². The van der Waals surface area contributed by atoms with Crippen LogP contribution in [-0.4, -0.2) is 33.5 Å². The zero-order valence-corrected chi connectivity index (χ0v) is 18.9. The molecule has 0 unspecified atom stereocenters. The Balaban J connectivity index is 1.67. The number of benzene rings is 3. The average molecular weight is 456 g/mol. The second kappa shape index (κ2) is 8.93. The van der Waals surface area contributed by atoms with E-state index in [1.54, 1.807) is 6.07 Å². The summed E-state index contributed by atoms with van der Waals surface area (Å²) in [6.45, 7) is -0.115. The van der Waals surface area contributed by atoms with E-state index in [0.29, 0.717) is 11.3 Å². The first-order valence-corrected chi connectivity index (χ1v) is 11.6. The van der Waals surface area contributed by atoms with Crippen LogP contribution in [0, 0.1) is 5.41 Å². The number of aliphatic hydroxyl groups excluding tert-OH is 1. The van der Waals surface area contributed by atoms with E-state index in [1.807, 2.05) is 59.2 Å². The molecule has 0 bridgehead atoms. The van der Waals surface area contributed by atoms with Gasteiger partial charge in [0.05, 0.1) is 12.1 Å². The Labute approximate surface area is 197 Å². The van der Waals surface area contributed by atoms with Crippen molar-refractivity contribution in [2.24, 2.45) is 11.5 Å². The normalized spacial score (nSPS) is 18.3. The maximum absolute atomic E-state index is 13.5. The fourth-order valence-electron chi connectivity index (χ4n) is 4.97. The zero-order valence-electron chi connectivity index (χ0n) is 18.9. The van der Waals surface area contributed by atoms with Gasteiger partial charge in [-0.1, -0.05) is 36.4 Å². The number of hydrogen-bond donors (Lipinski definition) is 5. The number of fused-ring (bicyclic) bond motifs is 2. The highest BCUT2D eigenvalue weighted by molar-refractivity contribution is 6.03. The smallest absolute Gasteiger partial charge is 0.268 e. The number of nitrogen functional groups attached to an aromatic ring is 1. The molecule has 1 heterocycles. The number of carbonyl (C=O) groups excluding carboxylic acids is 1. The van der Waals surface area contributed by atoms with Crippen LogP contribution in [0.25, 0.3) is 27.4 Å². The number of amides is 1. The van der Waals surface area contributed by atoms with E-state index in [9.17, 15) is 9.90 Å². The Bertz CT molecular complexity index is 1400. The number of nitrogens with zero attached hydrogens (tertiary/aromatic N) is 1. The van der Waals surface area contributed by atoms with Gasteiger partial charge in [0, 0.05) is 28.7 Å². The summed E-state index contributed by atoms with van der Waals surface area (Å²) in [4.78, 5) is 13.5. The molecule has 1 aromatic heterocycles. The maximum Gasteiger partial charge on any atom is 0.268 e. The van der Waals surface area contributed by atoms with Crippen molar-refractivity contribution >= 4 is 33.4 Å². The number of carbonyl (C=O) groups is 1. The predicted molar refractivity (Wildman–Crippen MR) is 135 cm³/mol. The Morgan fingerprint density at radius 2 is 1.79 bits per heavy atom. The summed E-state index contributed by atoms with van der Waals surface area (Å²) >= 11 is 0. The minimum atomic E-state index is -0.153. The van der Waals surface area contributed by atoms with Crippen LogP contribution in [0.3, 0.4) is 0 Å². The molecule has 7 heteroatoms. The molecule has 1 saturated carbocycles. The molecule has 0 spiro atoms. The molecular formula is C27H29N5O2. The molecule has 3 aromatic carbocycles. The molecule has 174 valence electrons. The van der Waals surface area contributed by atoms with Gasteiger partial charge >= 0.3 is 0 Å². The molecule has 1 aliphatic rings. The Kier molecular flexibility index (Phi) is 5.81. The highest BCUT2D eigenvalue weighted by Gasteiger charge is 2.24. The fraction of sp³-hybridized carbons (Fsp3) is 0.259. The lowest BCUT2D eigenvalue weighted by Gasteiger charge is -2.27. The molecule has 5 rings (SSSR count). The average Bonchev–Trinajstić information content (AvgIpc) is 3.23. The quantitative estimate of drug-likeness (QED) is 0.233. The summed E-state index contributed by atoms with van der Waals surface area (Å²) in [5.41, 5.74) is 15.2. The van der Waals surface area contributed by atoms with Crippen LogP contribution < -0.4 is 16.8 Å². The molecule has 1 amide bonds. The van der Waals surface area contributed by atoms with Crippen molar-refractivity contribution in [3.63, 3.8) is 0 Å². The van der Waals surface area contributed by atoms with Crippen molar-refractivity contribution in [2.75, 3.05) is 0 Å². The minimum Gasteiger partial charge on any atom is -0.392 e. The van der Waals surface area contributed by atoms with Gasteiger partial charge in [0.25, 0.3) is 5.91 Å². The van der Waals surface area contributed by atoms with Crippen molar-refractivity contribution in [2.45, 2.75) is 44.4 Å². The number of nitrogens with two attached hydrogens (primary N) is 2. The van der Waals surface area contributed by atoms with Crippen LogP contribution in [0.5, 0.6) is 0 Å². The fourth-order valence-corrected chi connectivity index (χ4v) is 4.97. The third-order valence-electron chi connectivity index (χ3n) is 6.82. The van der Waals surface area contributed by atoms with E-state index in [1.165, 1.54) is 0 Å². The standard InChI is InChI=1S/C27H29N5O2/c28-20-7-9-21(10-8-20)31-27(34)25-13-17-5-6-18(26(29)30)14-24(17)32(25)22-11-16-3-1-2-4-23(16)19(12-22)15-33/h1-6,11-14,20-21,33H,7-10,15,28H2,(H3,29,30)(H,31,34). The molecule has 0 saturated heterocycles. The molecule has 1 aliphatic carbocycles. The predicted octanol–water partition coefficient (Wildman–Crippen LogP) is 3.56. The first-order chi connectivity index (χ1) is 16.4. The number of aliphatic hydroxyl groups is 1. The zero-order chi connectivity index (χ0) is 23.8. The summed E-state index contributed by atoms with van der Waals surface area (Å²) in [5.74, 6) is -0.187. The lowest BCUT2D eigenvalue weighted by Crippen LogP contribution is -2.41. The highest BCUT2D eigenvalue weighted by Crippen LogP contribution is 2.30. The summed E-state index contributed by atoms with van der Waals surface area (Å²) in [7, 11) is 0.